The molecule has 3 rings (SSSR count). The van der Waals surface area contributed by atoms with E-state index < -0.39 is 42.6 Å². The lowest BCUT2D eigenvalue weighted by Gasteiger charge is -2.09. The van der Waals surface area contributed by atoms with E-state index in [0.717, 1.165) is 30.0 Å². The van der Waals surface area contributed by atoms with E-state index in [-0.39, 0.29) is 5.56 Å². The maximum atomic E-state index is 12.6. The van der Waals surface area contributed by atoms with Crippen LogP contribution in [0.1, 0.15) is 43.4 Å². The molecule has 2 aromatic heterocycles. The highest BCUT2D eigenvalue weighted by Gasteiger charge is 2.30. The molecule has 0 unspecified atom stereocenters. The van der Waals surface area contributed by atoms with Crippen LogP contribution in [-0.4, -0.2) is 40.5 Å². The lowest BCUT2D eigenvalue weighted by molar-refractivity contribution is -0.141. The first-order valence-electron chi connectivity index (χ1n) is 9.74. The molecule has 0 fully saturated rings. The second-order valence-electron chi connectivity index (χ2n) is 7.26. The predicted octanol–water partition coefficient (Wildman–Crippen LogP) is 3.57. The second kappa shape index (κ2) is 9.31. The molecule has 0 aliphatic carbocycles. The normalized spacial score (nSPS) is 11.3. The van der Waals surface area contributed by atoms with E-state index in [2.05, 4.69) is 10.5 Å². The van der Waals surface area contributed by atoms with Crippen LogP contribution in [0.4, 0.5) is 13.2 Å². The van der Waals surface area contributed by atoms with Crippen LogP contribution >= 0.6 is 0 Å². The van der Waals surface area contributed by atoms with Gasteiger partial charge < -0.3 is 14.6 Å². The minimum absolute atomic E-state index is 0.0533. The van der Waals surface area contributed by atoms with Gasteiger partial charge in [0.2, 0.25) is 5.78 Å². The van der Waals surface area contributed by atoms with Crippen molar-refractivity contribution in [3.63, 3.8) is 0 Å². The summed E-state index contributed by atoms with van der Waals surface area (Å²) < 4.78 is 49.5. The molecule has 1 N–H and O–H groups in total. The third-order valence-electron chi connectivity index (χ3n) is 4.81. The van der Waals surface area contributed by atoms with Crippen LogP contribution < -0.4 is 5.32 Å². The van der Waals surface area contributed by atoms with Gasteiger partial charge in [-0.15, -0.1) is 0 Å². The van der Waals surface area contributed by atoms with E-state index in [9.17, 15) is 27.6 Å². The minimum atomic E-state index is -4.52. The summed E-state index contributed by atoms with van der Waals surface area (Å²) in [6.45, 7) is 4.15. The predicted molar refractivity (Wildman–Crippen MR) is 109 cm³/mol. The van der Waals surface area contributed by atoms with Crippen molar-refractivity contribution in [1.29, 1.82) is 0 Å². The number of carbonyl (C=O) groups is 3. The fourth-order valence-corrected chi connectivity index (χ4v) is 3.20. The lowest BCUT2D eigenvalue weighted by atomic mass is 10.1. The van der Waals surface area contributed by atoms with E-state index in [4.69, 9.17) is 9.26 Å². The fraction of sp³-hybridized carbons (Fsp3) is 0.273. The van der Waals surface area contributed by atoms with Crippen molar-refractivity contribution in [3.8, 4) is 5.82 Å². The molecular formula is C22H20F3N3O5. The lowest BCUT2D eigenvalue weighted by Crippen LogP contribution is -2.31. The summed E-state index contributed by atoms with van der Waals surface area (Å²) in [5.41, 5.74) is 0.726. The Hall–Kier alpha value is -3.89. The van der Waals surface area contributed by atoms with E-state index in [0.29, 0.717) is 22.8 Å². The highest BCUT2D eigenvalue weighted by atomic mass is 19.4. The first kappa shape index (κ1) is 23.8. The molecule has 0 aliphatic rings. The van der Waals surface area contributed by atoms with Gasteiger partial charge in [-0.3, -0.25) is 19.0 Å². The monoisotopic (exact) mass is 463 g/mol. The summed E-state index contributed by atoms with van der Waals surface area (Å²) in [5, 5.41) is 6.17. The number of esters is 1. The molecule has 0 saturated heterocycles. The molecule has 0 aliphatic heterocycles. The first-order valence-corrected chi connectivity index (χ1v) is 9.74. The van der Waals surface area contributed by atoms with Crippen molar-refractivity contribution in [2.24, 2.45) is 0 Å². The smallest absolute Gasteiger partial charge is 0.416 e. The topological polar surface area (TPSA) is 103 Å². The minimum Gasteiger partial charge on any atom is -0.456 e. The number of aryl methyl sites for hydroxylation is 2. The Morgan fingerprint density at radius 2 is 1.76 bits per heavy atom. The number of nitrogens with one attached hydrogen (secondary N) is 1. The molecule has 33 heavy (non-hydrogen) atoms. The standard InChI is InChI=1S/C22H20F3N3O5/c1-12-8-17(14(3)28(12)19-9-13(2)33-27-19)18(29)11-32-20(30)10-26-21(31)15-4-6-16(7-5-15)22(23,24)25/h4-9H,10-11H2,1-3H3,(H,26,31). The Morgan fingerprint density at radius 1 is 1.09 bits per heavy atom. The molecule has 0 radical (unpaired) electrons. The zero-order chi connectivity index (χ0) is 24.3. The quantitative estimate of drug-likeness (QED) is 0.425. The summed E-state index contributed by atoms with van der Waals surface area (Å²) in [6, 6.07) is 6.89. The Balaban J connectivity index is 1.54. The molecule has 174 valence electrons. The molecule has 11 heteroatoms. The molecule has 1 amide bonds. The second-order valence-corrected chi connectivity index (χ2v) is 7.26. The van der Waals surface area contributed by atoms with Gasteiger partial charge in [0.15, 0.2) is 12.4 Å². The first-order chi connectivity index (χ1) is 15.5. The van der Waals surface area contributed by atoms with Gasteiger partial charge in [0.25, 0.3) is 5.91 Å². The summed E-state index contributed by atoms with van der Waals surface area (Å²) in [7, 11) is 0. The zero-order valence-electron chi connectivity index (χ0n) is 17.9. The van der Waals surface area contributed by atoms with Crippen LogP contribution in [0.3, 0.4) is 0 Å². The molecule has 1 aromatic carbocycles. The molecular weight excluding hydrogens is 443 g/mol. The molecule has 0 saturated carbocycles. The highest BCUT2D eigenvalue weighted by Crippen LogP contribution is 2.29. The van der Waals surface area contributed by atoms with Gasteiger partial charge in [-0.1, -0.05) is 5.16 Å². The maximum absolute atomic E-state index is 12.6. The molecule has 0 spiro atoms. The molecule has 0 bridgehead atoms. The number of aromatic nitrogens is 2. The largest absolute Gasteiger partial charge is 0.456 e. The van der Waals surface area contributed by atoms with Crippen LogP contribution in [-0.2, 0) is 15.7 Å². The third-order valence-corrected chi connectivity index (χ3v) is 4.81. The van der Waals surface area contributed by atoms with Crippen LogP contribution in [0.2, 0.25) is 0 Å². The Morgan fingerprint density at radius 3 is 2.33 bits per heavy atom. The van der Waals surface area contributed by atoms with E-state index in [1.165, 1.54) is 0 Å². The van der Waals surface area contributed by atoms with Crippen LogP contribution in [0, 0.1) is 20.8 Å². The van der Waals surface area contributed by atoms with Crippen LogP contribution in [0.25, 0.3) is 5.82 Å². The third kappa shape index (κ3) is 5.48. The van der Waals surface area contributed by atoms with Crippen molar-refractivity contribution in [2.45, 2.75) is 26.9 Å². The van der Waals surface area contributed by atoms with Crippen LogP contribution in [0.5, 0.6) is 0 Å². The Kier molecular flexibility index (Phi) is 6.70. The zero-order valence-corrected chi connectivity index (χ0v) is 17.9. The number of rotatable bonds is 7. The molecule has 8 nitrogen and oxygen atoms in total. The van der Waals surface area contributed by atoms with Crippen molar-refractivity contribution < 1.29 is 36.8 Å². The number of Topliss-reactive ketones (excluding diaryl/α,β-unsaturated/α-hetero) is 1. The number of ketones is 1. The number of halogens is 3. The maximum Gasteiger partial charge on any atom is 0.416 e. The summed E-state index contributed by atoms with van der Waals surface area (Å²) in [6.07, 6.45) is -4.52. The average molecular weight is 463 g/mol. The Bertz CT molecular complexity index is 1190. The number of carbonyl (C=O) groups excluding carboxylic acids is 3. The summed E-state index contributed by atoms with van der Waals surface area (Å²) >= 11 is 0. The van der Waals surface area contributed by atoms with Crippen LogP contribution in [0.15, 0.2) is 40.9 Å². The van der Waals surface area contributed by atoms with Crippen molar-refractivity contribution in [1.82, 2.24) is 15.0 Å². The number of amides is 1. The van der Waals surface area contributed by atoms with Crippen molar-refractivity contribution in [3.05, 3.63) is 70.2 Å². The molecule has 0 atom stereocenters. The van der Waals surface area contributed by atoms with Gasteiger partial charge in [-0.2, -0.15) is 13.2 Å². The number of alkyl halides is 3. The van der Waals surface area contributed by atoms with E-state index >= 15 is 0 Å². The number of nitrogens with zero attached hydrogens (tertiary/aromatic N) is 2. The van der Waals surface area contributed by atoms with Gasteiger partial charge in [0.05, 0.1) is 5.56 Å². The van der Waals surface area contributed by atoms with Gasteiger partial charge >= 0.3 is 12.1 Å². The highest BCUT2D eigenvalue weighted by molar-refractivity contribution is 6.00. The van der Waals surface area contributed by atoms with E-state index in [1.807, 2.05) is 0 Å². The number of hydrogen-bond donors (Lipinski definition) is 1. The van der Waals surface area contributed by atoms with Crippen molar-refractivity contribution >= 4 is 17.7 Å². The van der Waals surface area contributed by atoms with Gasteiger partial charge in [0, 0.05) is 28.6 Å². The average Bonchev–Trinajstić information content (AvgIpc) is 3.31. The number of hydrogen-bond acceptors (Lipinski definition) is 6. The Labute approximate surface area is 186 Å². The van der Waals surface area contributed by atoms with Crippen molar-refractivity contribution in [2.75, 3.05) is 13.2 Å². The fourth-order valence-electron chi connectivity index (χ4n) is 3.20. The van der Waals surface area contributed by atoms with Gasteiger partial charge in [0.1, 0.15) is 12.3 Å². The van der Waals surface area contributed by atoms with Gasteiger partial charge in [-0.25, -0.2) is 0 Å². The SMILES string of the molecule is Cc1cc(-n2c(C)cc(C(=O)COC(=O)CNC(=O)c3ccc(C(F)(F)F)cc3)c2C)no1. The summed E-state index contributed by atoms with van der Waals surface area (Å²) in [4.78, 5) is 36.5. The summed E-state index contributed by atoms with van der Waals surface area (Å²) in [5.74, 6) is -0.942. The number of ether oxygens (including phenoxy) is 1. The molecule has 2 heterocycles. The molecule has 3 aromatic rings. The van der Waals surface area contributed by atoms with Gasteiger partial charge in [-0.05, 0) is 51.1 Å². The number of benzene rings is 1. The van der Waals surface area contributed by atoms with E-state index in [1.54, 1.807) is 37.5 Å².